The molecule has 0 bridgehead atoms. The van der Waals surface area contributed by atoms with Gasteiger partial charge in [-0.3, -0.25) is 0 Å². The first-order chi connectivity index (χ1) is 10.3. The Hall–Kier alpha value is -1.84. The van der Waals surface area contributed by atoms with E-state index >= 15 is 0 Å². The Morgan fingerprint density at radius 3 is 2.23 bits per heavy atom. The molecular weight excluding hydrogens is 280 g/mol. The molecule has 0 atom stereocenters. The van der Waals surface area contributed by atoms with E-state index < -0.39 is 0 Å². The van der Waals surface area contributed by atoms with Gasteiger partial charge in [0.05, 0.1) is 12.4 Å². The van der Waals surface area contributed by atoms with Gasteiger partial charge in [0.25, 0.3) is 0 Å². The number of rotatable bonds is 4. The molecular formula is C18H28O4. The molecule has 22 heavy (non-hydrogen) atoms. The van der Waals surface area contributed by atoms with E-state index in [9.17, 15) is 0 Å². The average Bonchev–Trinajstić information content (AvgIpc) is 2.83. The number of hydrogen-bond donors (Lipinski definition) is 1. The van der Waals surface area contributed by atoms with Crippen LogP contribution in [0.5, 0.6) is 17.2 Å². The summed E-state index contributed by atoms with van der Waals surface area (Å²) >= 11 is 0. The van der Waals surface area contributed by atoms with Crippen molar-refractivity contribution in [1.29, 1.82) is 0 Å². The molecule has 1 aromatic carbocycles. The Kier molecular flexibility index (Phi) is 6.60. The van der Waals surface area contributed by atoms with Gasteiger partial charge in [-0.15, -0.1) is 0 Å². The molecule has 0 saturated carbocycles. The number of benzene rings is 1. The number of hydrogen-bond acceptors (Lipinski definition) is 4. The molecule has 0 aliphatic carbocycles. The molecule has 0 saturated heterocycles. The van der Waals surface area contributed by atoms with Gasteiger partial charge >= 0.3 is 0 Å². The van der Waals surface area contributed by atoms with Gasteiger partial charge in [-0.2, -0.15) is 0 Å². The van der Waals surface area contributed by atoms with E-state index in [1.165, 1.54) is 0 Å². The van der Waals surface area contributed by atoms with Gasteiger partial charge in [0, 0.05) is 12.5 Å². The highest BCUT2D eigenvalue weighted by Crippen LogP contribution is 2.38. The molecule has 0 aromatic heterocycles. The zero-order valence-corrected chi connectivity index (χ0v) is 14.4. The topological polar surface area (TPSA) is 47.9 Å². The third-order valence-electron chi connectivity index (χ3n) is 2.97. The summed E-state index contributed by atoms with van der Waals surface area (Å²) in [5.74, 6) is 2.78. The maximum atomic E-state index is 8.69. The van der Waals surface area contributed by atoms with Gasteiger partial charge in [0.15, 0.2) is 11.5 Å². The maximum Gasteiger partial charge on any atom is 0.231 e. The lowest BCUT2D eigenvalue weighted by Gasteiger charge is -2.15. The van der Waals surface area contributed by atoms with Crippen LogP contribution in [0, 0.1) is 5.41 Å². The van der Waals surface area contributed by atoms with Crippen molar-refractivity contribution in [3.05, 3.63) is 30.0 Å². The molecule has 0 radical (unpaired) electrons. The van der Waals surface area contributed by atoms with Crippen molar-refractivity contribution in [2.75, 3.05) is 13.4 Å². The third kappa shape index (κ3) is 5.88. The van der Waals surface area contributed by atoms with E-state index in [4.69, 9.17) is 19.3 Å². The second kappa shape index (κ2) is 7.97. The molecule has 1 heterocycles. The Labute approximate surface area is 133 Å². The summed E-state index contributed by atoms with van der Waals surface area (Å²) in [6.07, 6.45) is 1.62. The summed E-state index contributed by atoms with van der Waals surface area (Å²) in [5, 5.41) is 8.69. The molecule has 1 aliphatic rings. The third-order valence-corrected chi connectivity index (χ3v) is 2.97. The second-order valence-electron chi connectivity index (χ2n) is 6.40. The van der Waals surface area contributed by atoms with Gasteiger partial charge in [-0.05, 0) is 30.4 Å². The largest absolute Gasteiger partial charge is 0.513 e. The minimum atomic E-state index is 0.172. The summed E-state index contributed by atoms with van der Waals surface area (Å²) in [6, 6.07) is 3.90. The van der Waals surface area contributed by atoms with E-state index in [0.29, 0.717) is 19.8 Å². The smallest absolute Gasteiger partial charge is 0.231 e. The second-order valence-corrected chi connectivity index (χ2v) is 6.40. The number of aryl methyl sites for hydroxylation is 1. The highest BCUT2D eigenvalue weighted by molar-refractivity contribution is 5.51. The molecule has 0 unspecified atom stereocenters. The van der Waals surface area contributed by atoms with E-state index in [0.717, 1.165) is 29.2 Å². The lowest BCUT2D eigenvalue weighted by Crippen LogP contribution is -2.04. The van der Waals surface area contributed by atoms with E-state index in [1.54, 1.807) is 0 Å². The molecule has 0 spiro atoms. The lowest BCUT2D eigenvalue weighted by atomic mass is 9.92. The minimum absolute atomic E-state index is 0.172. The fraction of sp³-hybridized carbons (Fsp3) is 0.556. The first-order valence-corrected chi connectivity index (χ1v) is 7.69. The van der Waals surface area contributed by atoms with Crippen LogP contribution < -0.4 is 14.2 Å². The molecule has 124 valence electrons. The van der Waals surface area contributed by atoms with Crippen molar-refractivity contribution < 1.29 is 19.3 Å². The number of aliphatic hydroxyl groups excluding tert-OH is 1. The maximum absolute atomic E-state index is 8.69. The Morgan fingerprint density at radius 2 is 1.82 bits per heavy atom. The van der Waals surface area contributed by atoms with E-state index in [1.807, 2.05) is 19.1 Å². The zero-order valence-electron chi connectivity index (χ0n) is 14.4. The van der Waals surface area contributed by atoms with Crippen molar-refractivity contribution in [3.8, 4) is 17.2 Å². The monoisotopic (exact) mass is 308 g/mol. The normalized spacial score (nSPS) is 12.4. The van der Waals surface area contributed by atoms with Crippen LogP contribution in [-0.2, 0) is 6.42 Å². The summed E-state index contributed by atoms with van der Waals surface area (Å²) in [5.41, 5.74) is 1.34. The Balaban J connectivity index is 0.000000261. The predicted octanol–water partition coefficient (Wildman–Crippen LogP) is 4.87. The van der Waals surface area contributed by atoms with Crippen LogP contribution in [0.2, 0.25) is 0 Å². The Bertz CT molecular complexity index is 501. The molecule has 1 aromatic rings. The van der Waals surface area contributed by atoms with Crippen LogP contribution in [-0.4, -0.2) is 18.5 Å². The van der Waals surface area contributed by atoms with Gasteiger partial charge < -0.3 is 19.3 Å². The molecule has 1 aliphatic heterocycles. The molecule has 1 N–H and O–H groups in total. The quantitative estimate of drug-likeness (QED) is 0.806. The number of allylic oxidation sites excluding steroid dienone is 1. The highest BCUT2D eigenvalue weighted by Gasteiger charge is 2.16. The molecule has 4 nitrogen and oxygen atoms in total. The van der Waals surface area contributed by atoms with Crippen molar-refractivity contribution in [1.82, 2.24) is 0 Å². The first-order valence-electron chi connectivity index (χ1n) is 7.69. The van der Waals surface area contributed by atoms with Gasteiger partial charge in [0.2, 0.25) is 6.79 Å². The van der Waals surface area contributed by atoms with Crippen LogP contribution in [0.4, 0.5) is 0 Å². The van der Waals surface area contributed by atoms with E-state index in [-0.39, 0.29) is 11.2 Å². The van der Waals surface area contributed by atoms with Crippen molar-refractivity contribution >= 4 is 0 Å². The minimum Gasteiger partial charge on any atom is -0.513 e. The molecule has 2 rings (SSSR count). The first kappa shape index (κ1) is 18.2. The predicted molar refractivity (Wildman–Crippen MR) is 89.0 cm³/mol. The fourth-order valence-electron chi connectivity index (χ4n) is 2.14. The highest BCUT2D eigenvalue weighted by atomic mass is 16.7. The van der Waals surface area contributed by atoms with Crippen molar-refractivity contribution in [2.45, 2.75) is 47.5 Å². The van der Waals surface area contributed by atoms with Crippen LogP contribution in [0.3, 0.4) is 0 Å². The summed E-state index contributed by atoms with van der Waals surface area (Å²) in [6.45, 7) is 14.6. The Morgan fingerprint density at radius 1 is 1.23 bits per heavy atom. The van der Waals surface area contributed by atoms with Crippen LogP contribution >= 0.6 is 0 Å². The van der Waals surface area contributed by atoms with Crippen LogP contribution in [0.1, 0.15) is 46.6 Å². The van der Waals surface area contributed by atoms with Gasteiger partial charge in [0.1, 0.15) is 5.75 Å². The van der Waals surface area contributed by atoms with Crippen molar-refractivity contribution in [2.24, 2.45) is 5.41 Å². The van der Waals surface area contributed by atoms with Crippen molar-refractivity contribution in [3.63, 3.8) is 0 Å². The standard InChI is InChI=1S/C11H14O3.C7H14O/c1-3-8-5-10-11(14-7-13-10)6-9(8)12-4-2;1-6(8)5-7(2,3)4/h5-6H,3-4,7H2,1-2H3;8H,1,5H2,2-4H3. The van der Waals surface area contributed by atoms with Crippen LogP contribution in [0.25, 0.3) is 0 Å². The number of aliphatic hydroxyl groups is 1. The van der Waals surface area contributed by atoms with Crippen LogP contribution in [0.15, 0.2) is 24.5 Å². The molecule has 4 heteroatoms. The lowest BCUT2D eigenvalue weighted by molar-refractivity contribution is 0.173. The SMILES string of the molecule is C=C(O)CC(C)(C)C.CCOc1cc2c(cc1CC)OCO2. The number of ether oxygens (including phenoxy) is 3. The summed E-state index contributed by atoms with van der Waals surface area (Å²) < 4.78 is 16.1. The number of fused-ring (bicyclic) bond motifs is 1. The fourth-order valence-corrected chi connectivity index (χ4v) is 2.14. The summed E-state index contributed by atoms with van der Waals surface area (Å²) in [4.78, 5) is 0. The average molecular weight is 308 g/mol. The van der Waals surface area contributed by atoms with Gasteiger partial charge in [-0.25, -0.2) is 0 Å². The molecule has 0 amide bonds. The molecule has 0 fully saturated rings. The summed E-state index contributed by atoms with van der Waals surface area (Å²) in [7, 11) is 0. The van der Waals surface area contributed by atoms with Gasteiger partial charge in [-0.1, -0.05) is 34.3 Å². The zero-order chi connectivity index (χ0) is 16.8. The van der Waals surface area contributed by atoms with E-state index in [2.05, 4.69) is 34.3 Å².